The third-order valence-electron chi connectivity index (χ3n) is 2.39. The highest BCUT2D eigenvalue weighted by atomic mass is 19.4. The molecule has 0 atom stereocenters. The summed E-state index contributed by atoms with van der Waals surface area (Å²) in [5.74, 6) is 0. The zero-order valence-corrected chi connectivity index (χ0v) is 9.46. The average Bonchev–Trinajstić information content (AvgIpc) is 2.40. The lowest BCUT2D eigenvalue weighted by Gasteiger charge is -2.09. The number of hydrogen-bond acceptors (Lipinski definition) is 4. The molecule has 1 heterocycles. The van der Waals surface area contributed by atoms with E-state index in [1.807, 2.05) is 0 Å². The van der Waals surface area contributed by atoms with Crippen molar-refractivity contribution in [2.45, 2.75) is 6.18 Å². The van der Waals surface area contributed by atoms with E-state index >= 15 is 0 Å². The molecule has 0 bridgehead atoms. The van der Waals surface area contributed by atoms with E-state index in [1.54, 1.807) is 0 Å². The Bertz CT molecular complexity index is 597. The topological polar surface area (TPSA) is 58.4 Å². The van der Waals surface area contributed by atoms with Crippen molar-refractivity contribution in [3.05, 3.63) is 59.7 Å². The van der Waals surface area contributed by atoms with E-state index in [1.165, 1.54) is 30.7 Å². The summed E-state index contributed by atoms with van der Waals surface area (Å²) in [7, 11) is 0. The Hall–Kier alpha value is -2.44. The molecular formula is C12H8F3N3O. The first kappa shape index (κ1) is 13.0. The summed E-state index contributed by atoms with van der Waals surface area (Å²) in [6.07, 6.45) is -1.84. The van der Waals surface area contributed by atoms with Crippen LogP contribution in [0, 0.1) is 0 Å². The number of nitrogens with zero attached hydrogens (tertiary/aromatic N) is 3. The van der Waals surface area contributed by atoms with Gasteiger partial charge in [0.15, 0.2) is 0 Å². The van der Waals surface area contributed by atoms with Crippen LogP contribution >= 0.6 is 0 Å². The molecule has 1 aromatic heterocycles. The lowest BCUT2D eigenvalue weighted by molar-refractivity contribution is -0.137. The van der Waals surface area contributed by atoms with E-state index in [0.717, 1.165) is 12.1 Å². The van der Waals surface area contributed by atoms with Gasteiger partial charge in [0.2, 0.25) is 0 Å². The number of benzene rings is 1. The quantitative estimate of drug-likeness (QED) is 0.517. The summed E-state index contributed by atoms with van der Waals surface area (Å²) in [6, 6.07) is 5.93. The number of alkyl halides is 3. The van der Waals surface area contributed by atoms with Crippen LogP contribution in [0.1, 0.15) is 16.8 Å². The Morgan fingerprint density at radius 3 is 2.58 bits per heavy atom. The molecule has 0 aliphatic heterocycles. The fourth-order valence-corrected chi connectivity index (χ4v) is 1.53. The fourth-order valence-electron chi connectivity index (χ4n) is 1.53. The summed E-state index contributed by atoms with van der Waals surface area (Å²) in [5, 5.41) is 12.0. The van der Waals surface area contributed by atoms with Gasteiger partial charge in [0.05, 0.1) is 11.3 Å². The van der Waals surface area contributed by atoms with Crippen molar-refractivity contribution in [1.82, 2.24) is 9.97 Å². The summed E-state index contributed by atoms with van der Waals surface area (Å²) >= 11 is 0. The van der Waals surface area contributed by atoms with Gasteiger partial charge in [0.1, 0.15) is 12.0 Å². The summed E-state index contributed by atoms with van der Waals surface area (Å²) < 4.78 is 37.8. The SMILES string of the molecule is O/N=C(\c1cccc(C(F)(F)F)c1)c1ccncn1. The number of halogens is 3. The molecule has 7 heteroatoms. The van der Waals surface area contributed by atoms with E-state index in [2.05, 4.69) is 15.1 Å². The van der Waals surface area contributed by atoms with Crippen molar-refractivity contribution in [2.24, 2.45) is 5.16 Å². The van der Waals surface area contributed by atoms with Gasteiger partial charge in [-0.3, -0.25) is 0 Å². The van der Waals surface area contributed by atoms with E-state index in [-0.39, 0.29) is 17.0 Å². The lowest BCUT2D eigenvalue weighted by atomic mass is 10.0. The van der Waals surface area contributed by atoms with Crippen LogP contribution in [-0.2, 0) is 6.18 Å². The Balaban J connectivity index is 2.47. The third-order valence-corrected chi connectivity index (χ3v) is 2.39. The Kier molecular flexibility index (Phi) is 3.46. The van der Waals surface area contributed by atoms with Crippen LogP contribution in [0.5, 0.6) is 0 Å². The summed E-state index contributed by atoms with van der Waals surface area (Å²) in [4.78, 5) is 7.52. The molecule has 2 aromatic rings. The highest BCUT2D eigenvalue weighted by Crippen LogP contribution is 2.29. The third kappa shape index (κ3) is 2.87. The molecule has 0 saturated carbocycles. The molecule has 0 saturated heterocycles. The molecule has 1 aromatic carbocycles. The molecule has 19 heavy (non-hydrogen) atoms. The highest BCUT2D eigenvalue weighted by molar-refractivity contribution is 6.11. The maximum Gasteiger partial charge on any atom is 0.416 e. The van der Waals surface area contributed by atoms with Gasteiger partial charge in [0, 0.05) is 11.8 Å². The first-order valence-electron chi connectivity index (χ1n) is 5.18. The normalized spacial score (nSPS) is 12.5. The van der Waals surface area contributed by atoms with Crippen molar-refractivity contribution < 1.29 is 18.4 Å². The van der Waals surface area contributed by atoms with Crippen LogP contribution in [0.3, 0.4) is 0 Å². The van der Waals surface area contributed by atoms with Crippen LogP contribution in [0.25, 0.3) is 0 Å². The fraction of sp³-hybridized carbons (Fsp3) is 0.0833. The number of hydrogen-bond donors (Lipinski definition) is 1. The van der Waals surface area contributed by atoms with Gasteiger partial charge in [-0.25, -0.2) is 9.97 Å². The highest BCUT2D eigenvalue weighted by Gasteiger charge is 2.30. The zero-order valence-electron chi connectivity index (χ0n) is 9.46. The Labute approximate surface area is 106 Å². The lowest BCUT2D eigenvalue weighted by Crippen LogP contribution is -2.10. The van der Waals surface area contributed by atoms with Gasteiger partial charge in [-0.15, -0.1) is 0 Å². The van der Waals surface area contributed by atoms with Gasteiger partial charge in [-0.2, -0.15) is 13.2 Å². The first-order valence-corrected chi connectivity index (χ1v) is 5.18. The largest absolute Gasteiger partial charge is 0.416 e. The predicted octanol–water partition coefficient (Wildman–Crippen LogP) is 2.72. The standard InChI is InChI=1S/C12H8F3N3O/c13-12(14,15)9-3-1-2-8(6-9)11(18-19)10-4-5-16-7-17-10/h1-7,19H/b18-11+. The number of oxime groups is 1. The van der Waals surface area contributed by atoms with Gasteiger partial charge >= 0.3 is 6.18 Å². The number of aromatic nitrogens is 2. The monoisotopic (exact) mass is 267 g/mol. The average molecular weight is 267 g/mol. The minimum atomic E-state index is -4.46. The zero-order chi connectivity index (χ0) is 13.9. The molecule has 2 rings (SSSR count). The summed E-state index contributed by atoms with van der Waals surface area (Å²) in [6.45, 7) is 0. The molecule has 0 aliphatic rings. The molecule has 4 nitrogen and oxygen atoms in total. The molecule has 1 N–H and O–H groups in total. The summed E-state index contributed by atoms with van der Waals surface area (Å²) in [5.41, 5.74) is -0.512. The second-order valence-corrected chi connectivity index (χ2v) is 3.62. The van der Waals surface area contributed by atoms with Crippen LogP contribution in [0.15, 0.2) is 48.0 Å². The molecule has 0 fully saturated rings. The Morgan fingerprint density at radius 2 is 2.00 bits per heavy atom. The van der Waals surface area contributed by atoms with Crippen molar-refractivity contribution in [1.29, 1.82) is 0 Å². The van der Waals surface area contributed by atoms with E-state index in [0.29, 0.717) is 0 Å². The second kappa shape index (κ2) is 5.05. The molecule has 98 valence electrons. The van der Waals surface area contributed by atoms with E-state index in [9.17, 15) is 13.2 Å². The molecule has 0 aliphatic carbocycles. The van der Waals surface area contributed by atoms with Crippen LogP contribution in [0.4, 0.5) is 13.2 Å². The van der Waals surface area contributed by atoms with Crippen molar-refractivity contribution in [3.63, 3.8) is 0 Å². The minimum absolute atomic E-state index is 0.0477. The maximum absolute atomic E-state index is 12.6. The minimum Gasteiger partial charge on any atom is -0.410 e. The molecule has 0 unspecified atom stereocenters. The first-order chi connectivity index (χ1) is 9.02. The number of rotatable bonds is 2. The van der Waals surface area contributed by atoms with Crippen molar-refractivity contribution in [3.8, 4) is 0 Å². The van der Waals surface area contributed by atoms with Gasteiger partial charge in [-0.1, -0.05) is 17.3 Å². The van der Waals surface area contributed by atoms with Crippen molar-refractivity contribution in [2.75, 3.05) is 0 Å². The van der Waals surface area contributed by atoms with E-state index in [4.69, 9.17) is 5.21 Å². The maximum atomic E-state index is 12.6. The van der Waals surface area contributed by atoms with Crippen LogP contribution < -0.4 is 0 Å². The second-order valence-electron chi connectivity index (χ2n) is 3.62. The van der Waals surface area contributed by atoms with Gasteiger partial charge < -0.3 is 5.21 Å². The smallest absolute Gasteiger partial charge is 0.410 e. The molecular weight excluding hydrogens is 259 g/mol. The molecule has 0 spiro atoms. The Morgan fingerprint density at radius 1 is 1.21 bits per heavy atom. The van der Waals surface area contributed by atoms with Crippen molar-refractivity contribution >= 4 is 5.71 Å². The van der Waals surface area contributed by atoms with Crippen LogP contribution in [0.2, 0.25) is 0 Å². The van der Waals surface area contributed by atoms with Gasteiger partial charge in [-0.05, 0) is 18.2 Å². The predicted molar refractivity (Wildman–Crippen MR) is 60.9 cm³/mol. The molecule has 0 radical (unpaired) electrons. The van der Waals surface area contributed by atoms with E-state index < -0.39 is 11.7 Å². The van der Waals surface area contributed by atoms with Gasteiger partial charge in [0.25, 0.3) is 0 Å². The molecule has 0 amide bonds. The van der Waals surface area contributed by atoms with Crippen LogP contribution in [-0.4, -0.2) is 20.9 Å².